The number of nitrogens with zero attached hydrogens (tertiary/aromatic N) is 2. The van der Waals surface area contributed by atoms with E-state index in [2.05, 4.69) is 57.7 Å². The molecule has 35 heavy (non-hydrogen) atoms. The van der Waals surface area contributed by atoms with Crippen molar-refractivity contribution in [1.82, 2.24) is 0 Å². The largest absolute Gasteiger partial charge is 0.378 e. The Bertz CT molecular complexity index is 902. The second kappa shape index (κ2) is 18.0. The molecule has 0 saturated heterocycles. The van der Waals surface area contributed by atoms with E-state index in [0.29, 0.717) is 0 Å². The Balaban J connectivity index is 0.00000289. The van der Waals surface area contributed by atoms with Crippen LogP contribution in [0, 0.1) is 0 Å². The molecule has 0 atom stereocenters. The van der Waals surface area contributed by atoms with Crippen LogP contribution in [0.5, 0.6) is 0 Å². The molecule has 2 aliphatic rings. The number of ether oxygens (including phenoxy) is 2. The van der Waals surface area contributed by atoms with E-state index in [-0.39, 0.29) is 67.9 Å². The van der Waals surface area contributed by atoms with Gasteiger partial charge in [0.25, 0.3) is 0 Å². The van der Waals surface area contributed by atoms with Gasteiger partial charge in [0.2, 0.25) is 0 Å². The quantitative estimate of drug-likeness (QED) is 0.285. The SMILES string of the molecule is Br.Br.Br.Br.COCC[N+]1=C(CCCC2=[N+](CCOC)CCc3ccccc32)c2ccccc2CC1. The smallest absolute Gasteiger partial charge is 0.183 e. The molecule has 0 aromatic heterocycles. The predicted octanol–water partition coefficient (Wildman–Crippen LogP) is 5.88. The zero-order valence-electron chi connectivity index (χ0n) is 20.7. The molecule has 4 nitrogen and oxygen atoms in total. The number of hydrogen-bond acceptors (Lipinski definition) is 2. The molecule has 0 N–H and O–H groups in total. The van der Waals surface area contributed by atoms with Gasteiger partial charge in [-0.05, 0) is 29.7 Å². The Labute approximate surface area is 252 Å². The molecule has 0 saturated carbocycles. The molecule has 2 heterocycles. The normalized spacial score (nSPS) is 14.0. The third kappa shape index (κ3) is 8.85. The highest BCUT2D eigenvalue weighted by atomic mass is 79.9. The minimum absolute atomic E-state index is 0. The van der Waals surface area contributed by atoms with Crippen molar-refractivity contribution < 1.29 is 18.6 Å². The highest BCUT2D eigenvalue weighted by Gasteiger charge is 2.28. The molecule has 2 aromatic rings. The van der Waals surface area contributed by atoms with Crippen LogP contribution < -0.4 is 0 Å². The number of fused-ring (bicyclic) bond motifs is 2. The molecule has 196 valence electrons. The Hall–Kier alpha value is -0.380. The van der Waals surface area contributed by atoms with Gasteiger partial charge < -0.3 is 9.47 Å². The second-order valence-electron chi connectivity index (χ2n) is 8.52. The third-order valence-corrected chi connectivity index (χ3v) is 6.68. The molecule has 0 unspecified atom stereocenters. The van der Waals surface area contributed by atoms with Gasteiger partial charge in [-0.25, -0.2) is 9.15 Å². The van der Waals surface area contributed by atoms with Crippen molar-refractivity contribution in [3.63, 3.8) is 0 Å². The molecule has 0 spiro atoms. The third-order valence-electron chi connectivity index (χ3n) is 6.68. The topological polar surface area (TPSA) is 24.5 Å². The fourth-order valence-corrected chi connectivity index (χ4v) is 5.07. The van der Waals surface area contributed by atoms with E-state index in [4.69, 9.17) is 9.47 Å². The van der Waals surface area contributed by atoms with Crippen LogP contribution in [0.1, 0.15) is 41.5 Å². The van der Waals surface area contributed by atoms with Crippen molar-refractivity contribution in [3.05, 3.63) is 70.8 Å². The summed E-state index contributed by atoms with van der Waals surface area (Å²) in [6.07, 6.45) is 5.60. The van der Waals surface area contributed by atoms with E-state index < -0.39 is 0 Å². The fraction of sp³-hybridized carbons (Fsp3) is 0.481. The molecule has 0 aliphatic carbocycles. The van der Waals surface area contributed by atoms with Crippen molar-refractivity contribution in [3.8, 4) is 0 Å². The molecule has 2 aliphatic heterocycles. The van der Waals surface area contributed by atoms with Crippen LogP contribution >= 0.6 is 67.9 Å². The van der Waals surface area contributed by atoms with E-state index in [9.17, 15) is 0 Å². The van der Waals surface area contributed by atoms with E-state index >= 15 is 0 Å². The zero-order valence-corrected chi connectivity index (χ0v) is 27.6. The van der Waals surface area contributed by atoms with Crippen LogP contribution in [0.3, 0.4) is 0 Å². The molecule has 0 bridgehead atoms. The molecular formula is C27H40Br4N2O2+2. The minimum atomic E-state index is 0. The van der Waals surface area contributed by atoms with Gasteiger partial charge >= 0.3 is 0 Å². The maximum absolute atomic E-state index is 5.39. The van der Waals surface area contributed by atoms with Gasteiger partial charge in [0.05, 0.1) is 0 Å². The van der Waals surface area contributed by atoms with Crippen molar-refractivity contribution in [2.24, 2.45) is 0 Å². The van der Waals surface area contributed by atoms with Gasteiger partial charge in [-0.3, -0.25) is 0 Å². The van der Waals surface area contributed by atoms with Crippen LogP contribution in [0.25, 0.3) is 0 Å². The predicted molar refractivity (Wildman–Crippen MR) is 167 cm³/mol. The van der Waals surface area contributed by atoms with Crippen molar-refractivity contribution in [2.75, 3.05) is 53.6 Å². The van der Waals surface area contributed by atoms with Crippen LogP contribution in [0.4, 0.5) is 0 Å². The average Bonchev–Trinajstić information content (AvgIpc) is 2.82. The summed E-state index contributed by atoms with van der Waals surface area (Å²) in [5.41, 5.74) is 8.84. The number of rotatable bonds is 10. The summed E-state index contributed by atoms with van der Waals surface area (Å²) in [5, 5.41) is 0. The standard InChI is InChI=1S/C27H36N2O2.4BrH/c1-30-20-18-28-16-14-22-8-3-5-10-24(22)26(28)12-7-13-27-25-11-6-4-9-23(25)15-17-29(27)19-21-31-2;;;;/h3-6,8-11H,7,12-21H2,1-2H3;4*1H/q+2;;;;. The van der Waals surface area contributed by atoms with Gasteiger partial charge in [-0.1, -0.05) is 36.4 Å². The summed E-state index contributed by atoms with van der Waals surface area (Å²) < 4.78 is 15.9. The number of benzene rings is 2. The summed E-state index contributed by atoms with van der Waals surface area (Å²) in [6.45, 7) is 5.69. The van der Waals surface area contributed by atoms with Gasteiger partial charge in [0.15, 0.2) is 24.5 Å². The Morgan fingerprint density at radius 3 is 1.43 bits per heavy atom. The van der Waals surface area contributed by atoms with E-state index in [1.165, 1.54) is 33.7 Å². The molecule has 2 aromatic carbocycles. The summed E-state index contributed by atoms with van der Waals surface area (Å²) in [5.74, 6) is 0. The molecule has 4 rings (SSSR count). The first-order valence-electron chi connectivity index (χ1n) is 11.7. The summed E-state index contributed by atoms with van der Waals surface area (Å²) in [4.78, 5) is 0. The lowest BCUT2D eigenvalue weighted by atomic mass is 9.91. The fourth-order valence-electron chi connectivity index (χ4n) is 5.07. The Morgan fingerprint density at radius 2 is 1.03 bits per heavy atom. The molecule has 8 heteroatoms. The first-order chi connectivity index (χ1) is 15.3. The van der Waals surface area contributed by atoms with Gasteiger partial charge in [-0.15, -0.1) is 67.9 Å². The maximum atomic E-state index is 5.39. The first kappa shape index (κ1) is 34.6. The van der Waals surface area contributed by atoms with Crippen LogP contribution in [-0.4, -0.2) is 74.2 Å². The van der Waals surface area contributed by atoms with Crippen LogP contribution in [0.2, 0.25) is 0 Å². The monoisotopic (exact) mass is 740 g/mol. The lowest BCUT2D eigenvalue weighted by Gasteiger charge is -2.20. The number of halogens is 4. The maximum Gasteiger partial charge on any atom is 0.183 e. The Kier molecular flexibility index (Phi) is 17.8. The van der Waals surface area contributed by atoms with Gasteiger partial charge in [0, 0.05) is 51.0 Å². The lowest BCUT2D eigenvalue weighted by Crippen LogP contribution is -2.34. The van der Waals surface area contributed by atoms with Crippen molar-refractivity contribution in [1.29, 1.82) is 0 Å². The summed E-state index contributed by atoms with van der Waals surface area (Å²) in [7, 11) is 3.59. The minimum Gasteiger partial charge on any atom is -0.378 e. The highest BCUT2D eigenvalue weighted by Crippen LogP contribution is 2.22. The van der Waals surface area contributed by atoms with Gasteiger partial charge in [0.1, 0.15) is 26.3 Å². The van der Waals surface area contributed by atoms with Gasteiger partial charge in [-0.2, -0.15) is 0 Å². The zero-order chi connectivity index (χ0) is 21.5. The second-order valence-corrected chi connectivity index (χ2v) is 8.52. The molecule has 0 fully saturated rings. The summed E-state index contributed by atoms with van der Waals surface area (Å²) in [6, 6.07) is 17.9. The summed E-state index contributed by atoms with van der Waals surface area (Å²) >= 11 is 0. The van der Waals surface area contributed by atoms with Crippen molar-refractivity contribution in [2.45, 2.75) is 32.1 Å². The van der Waals surface area contributed by atoms with Crippen molar-refractivity contribution >= 4 is 79.3 Å². The number of hydrogen-bond donors (Lipinski definition) is 0. The lowest BCUT2D eigenvalue weighted by molar-refractivity contribution is -0.532. The van der Waals surface area contributed by atoms with E-state index in [1.807, 2.05) is 0 Å². The average molecular weight is 744 g/mol. The molecule has 0 amide bonds. The molecular weight excluding hydrogens is 704 g/mol. The highest BCUT2D eigenvalue weighted by molar-refractivity contribution is 8.93. The first-order valence-corrected chi connectivity index (χ1v) is 11.7. The van der Waals surface area contributed by atoms with Crippen LogP contribution in [-0.2, 0) is 22.3 Å². The van der Waals surface area contributed by atoms with Crippen LogP contribution in [0.15, 0.2) is 48.5 Å². The molecule has 0 radical (unpaired) electrons. The number of methoxy groups -OCH3 is 2. The van der Waals surface area contributed by atoms with E-state index in [0.717, 1.165) is 71.5 Å². The Morgan fingerprint density at radius 1 is 0.629 bits per heavy atom. The van der Waals surface area contributed by atoms with E-state index in [1.54, 1.807) is 14.2 Å².